The fourth-order valence-electron chi connectivity index (χ4n) is 1.66. The number of rotatable bonds is 9. The topological polar surface area (TPSA) is 24.5 Å². The molecule has 0 aromatic heterocycles. The van der Waals surface area contributed by atoms with Gasteiger partial charge in [-0.1, -0.05) is 6.07 Å². The second-order valence-electron chi connectivity index (χ2n) is 4.20. The maximum atomic E-state index is 13.0. The number of ether oxygens (including phenoxy) is 1. The number of halogens is 1. The van der Waals surface area contributed by atoms with Crippen molar-refractivity contribution < 1.29 is 9.13 Å². The molecule has 0 aliphatic carbocycles. The van der Waals surface area contributed by atoms with Gasteiger partial charge in [0, 0.05) is 39.0 Å². The average Bonchev–Trinajstić information content (AvgIpc) is 2.37. The summed E-state index contributed by atoms with van der Waals surface area (Å²) >= 11 is 0. The SMILES string of the molecule is CCOCCCNCCN(C)c1cccc(F)c1. The van der Waals surface area contributed by atoms with Gasteiger partial charge in [-0.25, -0.2) is 4.39 Å². The van der Waals surface area contributed by atoms with E-state index in [9.17, 15) is 4.39 Å². The van der Waals surface area contributed by atoms with Crippen molar-refractivity contribution in [2.45, 2.75) is 13.3 Å². The van der Waals surface area contributed by atoms with Crippen molar-refractivity contribution >= 4 is 5.69 Å². The van der Waals surface area contributed by atoms with Gasteiger partial charge in [0.2, 0.25) is 0 Å². The van der Waals surface area contributed by atoms with Crippen LogP contribution in [0.4, 0.5) is 10.1 Å². The van der Waals surface area contributed by atoms with E-state index in [1.807, 2.05) is 24.9 Å². The Hall–Kier alpha value is -1.13. The van der Waals surface area contributed by atoms with Crippen molar-refractivity contribution in [3.8, 4) is 0 Å². The summed E-state index contributed by atoms with van der Waals surface area (Å²) in [5, 5.41) is 3.34. The molecule has 0 saturated carbocycles. The van der Waals surface area contributed by atoms with Crippen molar-refractivity contribution in [3.63, 3.8) is 0 Å². The molecule has 18 heavy (non-hydrogen) atoms. The molecule has 3 nitrogen and oxygen atoms in total. The number of benzene rings is 1. The Morgan fingerprint density at radius 2 is 2.17 bits per heavy atom. The Morgan fingerprint density at radius 3 is 2.89 bits per heavy atom. The smallest absolute Gasteiger partial charge is 0.125 e. The molecule has 1 aromatic rings. The highest BCUT2D eigenvalue weighted by molar-refractivity contribution is 5.45. The molecule has 0 aliphatic rings. The van der Waals surface area contributed by atoms with Crippen LogP contribution in [0, 0.1) is 5.82 Å². The van der Waals surface area contributed by atoms with Gasteiger partial charge in [-0.15, -0.1) is 0 Å². The normalized spacial score (nSPS) is 10.6. The number of nitrogens with zero attached hydrogens (tertiary/aromatic N) is 1. The van der Waals surface area contributed by atoms with Crippen LogP contribution < -0.4 is 10.2 Å². The third kappa shape index (κ3) is 5.98. The van der Waals surface area contributed by atoms with Crippen molar-refractivity contribution in [2.24, 2.45) is 0 Å². The predicted molar refractivity (Wildman–Crippen MR) is 73.6 cm³/mol. The van der Waals surface area contributed by atoms with Crippen LogP contribution in [0.3, 0.4) is 0 Å². The van der Waals surface area contributed by atoms with Gasteiger partial charge < -0.3 is 15.0 Å². The molecular weight excluding hydrogens is 231 g/mol. The molecular formula is C14H23FN2O. The molecule has 1 N–H and O–H groups in total. The second-order valence-corrected chi connectivity index (χ2v) is 4.20. The van der Waals surface area contributed by atoms with E-state index in [1.54, 1.807) is 12.1 Å². The minimum Gasteiger partial charge on any atom is -0.382 e. The van der Waals surface area contributed by atoms with E-state index in [0.717, 1.165) is 45.0 Å². The van der Waals surface area contributed by atoms with Crippen LogP contribution in [0.2, 0.25) is 0 Å². The standard InChI is InChI=1S/C14H23FN2O/c1-3-18-11-5-8-16-9-10-17(2)14-7-4-6-13(15)12-14/h4,6-7,12,16H,3,5,8-11H2,1-2H3. The molecule has 0 spiro atoms. The molecule has 102 valence electrons. The highest BCUT2D eigenvalue weighted by Gasteiger charge is 2.01. The Kier molecular flexibility index (Phi) is 7.37. The lowest BCUT2D eigenvalue weighted by Gasteiger charge is -2.19. The average molecular weight is 254 g/mol. The Bertz CT molecular complexity index is 333. The van der Waals surface area contributed by atoms with Crippen LogP contribution in [0.1, 0.15) is 13.3 Å². The largest absolute Gasteiger partial charge is 0.382 e. The Balaban J connectivity index is 2.12. The van der Waals surface area contributed by atoms with Crippen LogP contribution in [-0.4, -0.2) is 39.9 Å². The molecule has 1 aromatic carbocycles. The van der Waals surface area contributed by atoms with Gasteiger partial charge in [0.1, 0.15) is 5.82 Å². The molecule has 4 heteroatoms. The monoisotopic (exact) mass is 254 g/mol. The van der Waals surface area contributed by atoms with Crippen LogP contribution >= 0.6 is 0 Å². The van der Waals surface area contributed by atoms with E-state index in [2.05, 4.69) is 5.32 Å². The van der Waals surface area contributed by atoms with Crippen LogP contribution in [0.5, 0.6) is 0 Å². The molecule has 0 radical (unpaired) electrons. The van der Waals surface area contributed by atoms with Gasteiger partial charge in [0.05, 0.1) is 0 Å². The maximum Gasteiger partial charge on any atom is 0.125 e. The predicted octanol–water partition coefficient (Wildman–Crippen LogP) is 2.28. The Labute approximate surface area is 109 Å². The van der Waals surface area contributed by atoms with E-state index in [0.29, 0.717) is 0 Å². The minimum absolute atomic E-state index is 0.191. The first kappa shape index (κ1) is 14.9. The van der Waals surface area contributed by atoms with Gasteiger partial charge in [0.15, 0.2) is 0 Å². The fraction of sp³-hybridized carbons (Fsp3) is 0.571. The molecule has 0 heterocycles. The van der Waals surface area contributed by atoms with Crippen molar-refractivity contribution in [3.05, 3.63) is 30.1 Å². The van der Waals surface area contributed by atoms with Crippen molar-refractivity contribution in [1.82, 2.24) is 5.32 Å². The third-order valence-corrected chi connectivity index (χ3v) is 2.72. The molecule has 0 fully saturated rings. The zero-order valence-electron chi connectivity index (χ0n) is 11.3. The van der Waals surface area contributed by atoms with E-state index >= 15 is 0 Å². The van der Waals surface area contributed by atoms with Gasteiger partial charge in [0.25, 0.3) is 0 Å². The van der Waals surface area contributed by atoms with Gasteiger partial charge in [-0.2, -0.15) is 0 Å². The summed E-state index contributed by atoms with van der Waals surface area (Å²) in [7, 11) is 1.97. The van der Waals surface area contributed by atoms with E-state index < -0.39 is 0 Å². The first-order valence-electron chi connectivity index (χ1n) is 6.49. The molecule has 0 aliphatic heterocycles. The third-order valence-electron chi connectivity index (χ3n) is 2.72. The lowest BCUT2D eigenvalue weighted by Crippen LogP contribution is -2.30. The Morgan fingerprint density at radius 1 is 1.33 bits per heavy atom. The summed E-state index contributed by atoms with van der Waals surface area (Å²) in [5.41, 5.74) is 0.908. The summed E-state index contributed by atoms with van der Waals surface area (Å²) in [6.07, 6.45) is 1.03. The number of hydrogen-bond donors (Lipinski definition) is 1. The lowest BCUT2D eigenvalue weighted by atomic mass is 10.3. The van der Waals surface area contributed by atoms with Crippen LogP contribution in [-0.2, 0) is 4.74 Å². The van der Waals surface area contributed by atoms with Gasteiger partial charge >= 0.3 is 0 Å². The molecule has 0 bridgehead atoms. The minimum atomic E-state index is -0.191. The summed E-state index contributed by atoms with van der Waals surface area (Å²) in [4.78, 5) is 2.04. The number of likely N-dealkylation sites (N-methyl/N-ethyl adjacent to an activating group) is 1. The fourth-order valence-corrected chi connectivity index (χ4v) is 1.66. The maximum absolute atomic E-state index is 13.0. The highest BCUT2D eigenvalue weighted by atomic mass is 19.1. The summed E-state index contributed by atoms with van der Waals surface area (Å²) in [6.45, 7) is 6.29. The lowest BCUT2D eigenvalue weighted by molar-refractivity contribution is 0.145. The van der Waals surface area contributed by atoms with Crippen LogP contribution in [0.15, 0.2) is 24.3 Å². The van der Waals surface area contributed by atoms with Crippen molar-refractivity contribution in [1.29, 1.82) is 0 Å². The summed E-state index contributed by atoms with van der Waals surface area (Å²) in [5.74, 6) is -0.191. The van der Waals surface area contributed by atoms with E-state index in [1.165, 1.54) is 6.07 Å². The van der Waals surface area contributed by atoms with Gasteiger partial charge in [-0.05, 0) is 38.1 Å². The zero-order chi connectivity index (χ0) is 13.2. The number of anilines is 1. The van der Waals surface area contributed by atoms with E-state index in [4.69, 9.17) is 4.74 Å². The second kappa shape index (κ2) is 8.89. The number of nitrogens with one attached hydrogen (secondary N) is 1. The van der Waals surface area contributed by atoms with E-state index in [-0.39, 0.29) is 5.82 Å². The highest BCUT2D eigenvalue weighted by Crippen LogP contribution is 2.12. The number of hydrogen-bond acceptors (Lipinski definition) is 3. The van der Waals surface area contributed by atoms with Crippen LogP contribution in [0.25, 0.3) is 0 Å². The summed E-state index contributed by atoms with van der Waals surface area (Å²) < 4.78 is 18.3. The molecule has 0 amide bonds. The summed E-state index contributed by atoms with van der Waals surface area (Å²) in [6, 6.07) is 6.66. The molecule has 0 atom stereocenters. The zero-order valence-corrected chi connectivity index (χ0v) is 11.3. The molecule has 1 rings (SSSR count). The first-order chi connectivity index (χ1) is 8.74. The quantitative estimate of drug-likeness (QED) is 0.684. The van der Waals surface area contributed by atoms with Gasteiger partial charge in [-0.3, -0.25) is 0 Å². The molecule has 0 saturated heterocycles. The van der Waals surface area contributed by atoms with Crippen molar-refractivity contribution in [2.75, 3.05) is 44.8 Å². The molecule has 0 unspecified atom stereocenters. The first-order valence-corrected chi connectivity index (χ1v) is 6.49.